The van der Waals surface area contributed by atoms with Crippen LogP contribution < -0.4 is 10.2 Å². The third kappa shape index (κ3) is 3.72. The molecule has 1 saturated heterocycles. The van der Waals surface area contributed by atoms with E-state index in [2.05, 4.69) is 0 Å². The number of hydrogen-bond donors (Lipinski definition) is 0. The second-order valence-electron chi connectivity index (χ2n) is 7.54. The first-order chi connectivity index (χ1) is 11.7. The summed E-state index contributed by atoms with van der Waals surface area (Å²) in [5.74, 6) is 0.439. The topological polar surface area (TPSA) is 27.7 Å². The number of ether oxygens (including phenoxy) is 1. The van der Waals surface area contributed by atoms with Crippen LogP contribution in [0.5, 0.6) is 5.75 Å². The van der Waals surface area contributed by atoms with Gasteiger partial charge < -0.3 is 14.0 Å². The number of hydrogen-bond acceptors (Lipinski definition) is 3. The van der Waals surface area contributed by atoms with Crippen molar-refractivity contribution in [2.24, 2.45) is 0 Å². The summed E-state index contributed by atoms with van der Waals surface area (Å²) in [7, 11) is -0.395. The van der Waals surface area contributed by atoms with E-state index in [1.165, 1.54) is 6.07 Å². The maximum absolute atomic E-state index is 13.9. The standard InChI is InChI=1S/C20H24BFO3/c1-14-6-7-15(18(22)12-14)13-23-17-10-8-16(9-11-17)21-24-19(2,3)20(4,5)25-21/h6-12H,13H2,1-5H3. The average molecular weight is 342 g/mol. The van der Waals surface area contributed by atoms with Gasteiger partial charge in [-0.25, -0.2) is 4.39 Å². The van der Waals surface area contributed by atoms with Crippen LogP contribution in [0.4, 0.5) is 4.39 Å². The van der Waals surface area contributed by atoms with Crippen molar-refractivity contribution in [2.75, 3.05) is 0 Å². The van der Waals surface area contributed by atoms with Gasteiger partial charge in [0.2, 0.25) is 0 Å². The van der Waals surface area contributed by atoms with Crippen LogP contribution in [0.15, 0.2) is 42.5 Å². The van der Waals surface area contributed by atoms with E-state index >= 15 is 0 Å². The van der Waals surface area contributed by atoms with Crippen LogP contribution in [0.2, 0.25) is 0 Å². The third-order valence-corrected chi connectivity index (χ3v) is 5.01. The van der Waals surface area contributed by atoms with Gasteiger partial charge in [0.05, 0.1) is 11.2 Å². The lowest BCUT2D eigenvalue weighted by molar-refractivity contribution is 0.00578. The molecule has 0 unspecified atom stereocenters. The van der Waals surface area contributed by atoms with Crippen molar-refractivity contribution in [1.29, 1.82) is 0 Å². The molecule has 2 aromatic carbocycles. The minimum atomic E-state index is -0.395. The second-order valence-corrected chi connectivity index (χ2v) is 7.54. The summed E-state index contributed by atoms with van der Waals surface area (Å²) in [4.78, 5) is 0. The Morgan fingerprint density at radius 1 is 0.960 bits per heavy atom. The molecule has 25 heavy (non-hydrogen) atoms. The Bertz CT molecular complexity index is 740. The van der Waals surface area contributed by atoms with E-state index in [-0.39, 0.29) is 23.6 Å². The summed E-state index contributed by atoms with van der Waals surface area (Å²) in [6.45, 7) is 10.2. The normalized spacial score (nSPS) is 18.4. The summed E-state index contributed by atoms with van der Waals surface area (Å²) in [6, 6.07) is 12.7. The fraction of sp³-hybridized carbons (Fsp3) is 0.400. The highest BCUT2D eigenvalue weighted by molar-refractivity contribution is 6.62. The molecule has 0 atom stereocenters. The summed E-state index contributed by atoms with van der Waals surface area (Å²) in [6.07, 6.45) is 0. The number of halogens is 1. The SMILES string of the molecule is Cc1ccc(COc2ccc(B3OC(C)(C)C(C)(C)O3)cc2)c(F)c1. The Labute approximate surface area is 149 Å². The Morgan fingerprint density at radius 2 is 1.56 bits per heavy atom. The van der Waals surface area contributed by atoms with Gasteiger partial charge in [-0.3, -0.25) is 0 Å². The monoisotopic (exact) mass is 342 g/mol. The second kappa shape index (κ2) is 6.47. The maximum Gasteiger partial charge on any atom is 0.494 e. The van der Waals surface area contributed by atoms with Crippen molar-refractivity contribution in [3.8, 4) is 5.75 Å². The minimum absolute atomic E-state index is 0.196. The molecule has 1 heterocycles. The van der Waals surface area contributed by atoms with Crippen LogP contribution in [-0.2, 0) is 15.9 Å². The van der Waals surface area contributed by atoms with E-state index in [9.17, 15) is 4.39 Å². The molecule has 1 aliphatic rings. The number of rotatable bonds is 4. The van der Waals surface area contributed by atoms with Gasteiger partial charge in [0.1, 0.15) is 18.2 Å². The molecule has 0 N–H and O–H groups in total. The smallest absolute Gasteiger partial charge is 0.489 e. The summed E-state index contributed by atoms with van der Waals surface area (Å²) in [5.41, 5.74) is 1.65. The highest BCUT2D eigenvalue weighted by Gasteiger charge is 2.51. The number of aryl methyl sites for hydroxylation is 1. The van der Waals surface area contributed by atoms with Gasteiger partial charge in [-0.1, -0.05) is 24.3 Å². The highest BCUT2D eigenvalue weighted by atomic mass is 19.1. The van der Waals surface area contributed by atoms with Crippen molar-refractivity contribution in [2.45, 2.75) is 52.4 Å². The Balaban J connectivity index is 1.65. The van der Waals surface area contributed by atoms with Crippen molar-refractivity contribution < 1.29 is 18.4 Å². The van der Waals surface area contributed by atoms with Gasteiger partial charge in [0.25, 0.3) is 0 Å². The van der Waals surface area contributed by atoms with Crippen LogP contribution in [0.3, 0.4) is 0 Å². The predicted molar refractivity (Wildman–Crippen MR) is 97.6 cm³/mol. The molecule has 0 spiro atoms. The van der Waals surface area contributed by atoms with Crippen LogP contribution in [-0.4, -0.2) is 18.3 Å². The van der Waals surface area contributed by atoms with E-state index < -0.39 is 7.12 Å². The third-order valence-electron chi connectivity index (χ3n) is 5.01. The van der Waals surface area contributed by atoms with Gasteiger partial charge in [0.15, 0.2) is 0 Å². The predicted octanol–water partition coefficient (Wildman–Crippen LogP) is 4.01. The van der Waals surface area contributed by atoms with Crippen molar-refractivity contribution in [3.63, 3.8) is 0 Å². The van der Waals surface area contributed by atoms with Gasteiger partial charge >= 0.3 is 7.12 Å². The molecular formula is C20H24BFO3. The van der Waals surface area contributed by atoms with Gasteiger partial charge in [0, 0.05) is 5.56 Å². The van der Waals surface area contributed by atoms with E-state index in [1.807, 2.05) is 65.0 Å². The summed E-state index contributed by atoms with van der Waals surface area (Å²) in [5, 5.41) is 0. The molecule has 0 saturated carbocycles. The highest BCUT2D eigenvalue weighted by Crippen LogP contribution is 2.36. The van der Waals surface area contributed by atoms with E-state index in [0.29, 0.717) is 11.3 Å². The average Bonchev–Trinajstić information content (AvgIpc) is 2.75. The molecule has 0 aliphatic carbocycles. The van der Waals surface area contributed by atoms with E-state index in [0.717, 1.165) is 11.0 Å². The zero-order chi connectivity index (χ0) is 18.2. The van der Waals surface area contributed by atoms with Crippen LogP contribution in [0, 0.1) is 12.7 Å². The first-order valence-corrected chi connectivity index (χ1v) is 8.51. The quantitative estimate of drug-likeness (QED) is 0.786. The molecular weight excluding hydrogens is 318 g/mol. The molecule has 3 rings (SSSR count). The van der Waals surface area contributed by atoms with Gasteiger partial charge in [-0.2, -0.15) is 0 Å². The maximum atomic E-state index is 13.9. The van der Waals surface area contributed by atoms with Crippen LogP contribution in [0.25, 0.3) is 0 Å². The van der Waals surface area contributed by atoms with Crippen molar-refractivity contribution in [3.05, 3.63) is 59.4 Å². The Hall–Kier alpha value is -1.85. The molecule has 1 fully saturated rings. The van der Waals surface area contributed by atoms with E-state index in [1.54, 1.807) is 6.07 Å². The molecule has 0 aromatic heterocycles. The molecule has 0 amide bonds. The molecule has 1 aliphatic heterocycles. The minimum Gasteiger partial charge on any atom is -0.489 e. The lowest BCUT2D eigenvalue weighted by Gasteiger charge is -2.32. The van der Waals surface area contributed by atoms with Crippen LogP contribution >= 0.6 is 0 Å². The first kappa shape index (κ1) is 18.0. The van der Waals surface area contributed by atoms with Gasteiger partial charge in [-0.05, 0) is 63.8 Å². The summed E-state index contributed by atoms with van der Waals surface area (Å²) >= 11 is 0. The largest absolute Gasteiger partial charge is 0.494 e. The fourth-order valence-corrected chi connectivity index (χ4v) is 2.63. The fourth-order valence-electron chi connectivity index (χ4n) is 2.63. The molecule has 2 aromatic rings. The van der Waals surface area contributed by atoms with Crippen molar-refractivity contribution >= 4 is 12.6 Å². The molecule has 3 nitrogen and oxygen atoms in total. The molecule has 5 heteroatoms. The molecule has 0 bridgehead atoms. The molecule has 0 radical (unpaired) electrons. The molecule has 132 valence electrons. The van der Waals surface area contributed by atoms with Crippen molar-refractivity contribution in [1.82, 2.24) is 0 Å². The van der Waals surface area contributed by atoms with E-state index in [4.69, 9.17) is 14.0 Å². The summed E-state index contributed by atoms with van der Waals surface area (Å²) < 4.78 is 31.6. The number of benzene rings is 2. The Kier molecular flexibility index (Phi) is 4.65. The zero-order valence-electron chi connectivity index (χ0n) is 15.4. The first-order valence-electron chi connectivity index (χ1n) is 8.51. The Morgan fingerprint density at radius 3 is 2.12 bits per heavy atom. The van der Waals surface area contributed by atoms with Gasteiger partial charge in [-0.15, -0.1) is 0 Å². The zero-order valence-corrected chi connectivity index (χ0v) is 15.4. The lowest BCUT2D eigenvalue weighted by atomic mass is 9.79. The lowest BCUT2D eigenvalue weighted by Crippen LogP contribution is -2.41. The van der Waals surface area contributed by atoms with Crippen LogP contribution in [0.1, 0.15) is 38.8 Å².